The molecule has 1 amide bonds. The number of amides is 1. The van der Waals surface area contributed by atoms with E-state index in [9.17, 15) is 4.79 Å². The number of nitrogens with one attached hydrogen (secondary N) is 1. The van der Waals surface area contributed by atoms with Crippen LogP contribution >= 0.6 is 34.9 Å². The standard InChI is InChI=1S/C19H19N3OS3/c1-2-15-10-6-7-11-16(15)20-17(23)13-25-19-22-21-18(26-19)24-12-14-8-4-3-5-9-14/h3-11H,2,12-13H2,1H3,(H,20,23). The first kappa shape index (κ1) is 18.9. The molecule has 0 saturated carbocycles. The molecule has 4 nitrogen and oxygen atoms in total. The van der Waals surface area contributed by atoms with E-state index >= 15 is 0 Å². The van der Waals surface area contributed by atoms with E-state index in [1.54, 1.807) is 11.8 Å². The number of hydrogen-bond donors (Lipinski definition) is 1. The number of hydrogen-bond acceptors (Lipinski definition) is 6. The van der Waals surface area contributed by atoms with Gasteiger partial charge < -0.3 is 5.32 Å². The van der Waals surface area contributed by atoms with Crippen molar-refractivity contribution in [2.75, 3.05) is 11.1 Å². The smallest absolute Gasteiger partial charge is 0.234 e. The van der Waals surface area contributed by atoms with Crippen LogP contribution in [-0.2, 0) is 17.0 Å². The molecule has 1 aromatic heterocycles. The molecule has 0 aliphatic carbocycles. The third kappa shape index (κ3) is 5.59. The minimum Gasteiger partial charge on any atom is -0.325 e. The second-order valence-electron chi connectivity index (χ2n) is 5.46. The predicted molar refractivity (Wildman–Crippen MR) is 111 cm³/mol. The lowest BCUT2D eigenvalue weighted by Gasteiger charge is -2.08. The summed E-state index contributed by atoms with van der Waals surface area (Å²) < 4.78 is 1.74. The average Bonchev–Trinajstić information content (AvgIpc) is 3.14. The lowest BCUT2D eigenvalue weighted by molar-refractivity contribution is -0.113. The summed E-state index contributed by atoms with van der Waals surface area (Å²) in [6.45, 7) is 2.08. The SMILES string of the molecule is CCc1ccccc1NC(=O)CSc1nnc(SCc2ccccc2)s1. The zero-order valence-electron chi connectivity index (χ0n) is 14.3. The number of thioether (sulfide) groups is 2. The molecular weight excluding hydrogens is 382 g/mol. The Morgan fingerprint density at radius 3 is 2.46 bits per heavy atom. The van der Waals surface area contributed by atoms with Crippen molar-refractivity contribution in [1.29, 1.82) is 0 Å². The maximum absolute atomic E-state index is 12.2. The largest absolute Gasteiger partial charge is 0.325 e. The van der Waals surface area contributed by atoms with Crippen LogP contribution in [0.1, 0.15) is 18.1 Å². The van der Waals surface area contributed by atoms with E-state index in [4.69, 9.17) is 0 Å². The lowest BCUT2D eigenvalue weighted by Crippen LogP contribution is -2.15. The molecule has 0 spiro atoms. The Bertz CT molecular complexity index is 852. The first-order valence-corrected chi connectivity index (χ1v) is 11.0. The van der Waals surface area contributed by atoms with Gasteiger partial charge in [-0.2, -0.15) is 0 Å². The number of carbonyl (C=O) groups excluding carboxylic acids is 1. The summed E-state index contributed by atoms with van der Waals surface area (Å²) in [4.78, 5) is 12.2. The Morgan fingerprint density at radius 1 is 1.00 bits per heavy atom. The van der Waals surface area contributed by atoms with Crippen LogP contribution in [0.25, 0.3) is 0 Å². The Kier molecular flexibility index (Phi) is 7.11. The van der Waals surface area contributed by atoms with Crippen molar-refractivity contribution >= 4 is 46.5 Å². The molecule has 2 aromatic carbocycles. The van der Waals surface area contributed by atoms with Crippen molar-refractivity contribution in [2.24, 2.45) is 0 Å². The summed E-state index contributed by atoms with van der Waals surface area (Å²) in [6, 6.07) is 18.2. The van der Waals surface area contributed by atoms with Gasteiger partial charge in [0.25, 0.3) is 0 Å². The summed E-state index contributed by atoms with van der Waals surface area (Å²) in [6.07, 6.45) is 0.891. The van der Waals surface area contributed by atoms with Gasteiger partial charge >= 0.3 is 0 Å². The summed E-state index contributed by atoms with van der Waals surface area (Å²) in [5.41, 5.74) is 3.29. The third-order valence-corrected chi connectivity index (χ3v) is 6.85. The number of benzene rings is 2. The second kappa shape index (κ2) is 9.75. The Labute approximate surface area is 165 Å². The molecule has 0 atom stereocenters. The Morgan fingerprint density at radius 2 is 1.69 bits per heavy atom. The van der Waals surface area contributed by atoms with E-state index in [0.717, 1.165) is 32.1 Å². The van der Waals surface area contributed by atoms with Crippen molar-refractivity contribution in [2.45, 2.75) is 27.8 Å². The van der Waals surface area contributed by atoms with Crippen LogP contribution in [0.2, 0.25) is 0 Å². The van der Waals surface area contributed by atoms with Crippen LogP contribution in [0, 0.1) is 0 Å². The van der Waals surface area contributed by atoms with Gasteiger partial charge in [0.05, 0.1) is 5.75 Å². The lowest BCUT2D eigenvalue weighted by atomic mass is 10.1. The van der Waals surface area contributed by atoms with Gasteiger partial charge in [0.1, 0.15) is 0 Å². The predicted octanol–water partition coefficient (Wildman–Crippen LogP) is 5.12. The van der Waals surface area contributed by atoms with E-state index in [0.29, 0.717) is 5.75 Å². The molecular formula is C19H19N3OS3. The number of anilines is 1. The van der Waals surface area contributed by atoms with Crippen molar-refractivity contribution in [3.63, 3.8) is 0 Å². The molecule has 0 bridgehead atoms. The van der Waals surface area contributed by atoms with Crippen molar-refractivity contribution in [3.05, 3.63) is 65.7 Å². The van der Waals surface area contributed by atoms with Gasteiger partial charge in [0, 0.05) is 11.4 Å². The number of para-hydroxylation sites is 1. The van der Waals surface area contributed by atoms with Gasteiger partial charge in [-0.05, 0) is 23.6 Å². The van der Waals surface area contributed by atoms with Crippen molar-refractivity contribution in [1.82, 2.24) is 10.2 Å². The van der Waals surface area contributed by atoms with Crippen LogP contribution in [-0.4, -0.2) is 21.9 Å². The molecule has 0 aliphatic heterocycles. The van der Waals surface area contributed by atoms with Crippen LogP contribution < -0.4 is 5.32 Å². The molecule has 0 fully saturated rings. The number of aromatic nitrogens is 2. The Hall–Kier alpha value is -1.83. The fourth-order valence-electron chi connectivity index (χ4n) is 2.30. The van der Waals surface area contributed by atoms with Gasteiger partial charge in [-0.25, -0.2) is 0 Å². The summed E-state index contributed by atoms with van der Waals surface area (Å²) in [5, 5.41) is 11.3. The molecule has 7 heteroatoms. The van der Waals surface area contributed by atoms with Crippen LogP contribution in [0.15, 0.2) is 63.3 Å². The molecule has 0 unspecified atom stereocenters. The molecule has 134 valence electrons. The van der Waals surface area contributed by atoms with E-state index in [1.807, 2.05) is 42.5 Å². The summed E-state index contributed by atoms with van der Waals surface area (Å²) in [5.74, 6) is 1.18. The molecule has 3 aromatic rings. The average molecular weight is 402 g/mol. The first-order valence-electron chi connectivity index (χ1n) is 8.25. The fourth-order valence-corrected chi connectivity index (χ4v) is 5.07. The normalized spacial score (nSPS) is 10.7. The highest BCUT2D eigenvalue weighted by Crippen LogP contribution is 2.30. The first-order chi connectivity index (χ1) is 12.7. The van der Waals surface area contributed by atoms with Gasteiger partial charge in [-0.3, -0.25) is 4.79 Å². The van der Waals surface area contributed by atoms with Crippen LogP contribution in [0.5, 0.6) is 0 Å². The van der Waals surface area contributed by atoms with Crippen molar-refractivity contribution < 1.29 is 4.79 Å². The number of aryl methyl sites for hydroxylation is 1. The number of carbonyl (C=O) groups is 1. The maximum atomic E-state index is 12.2. The molecule has 1 N–H and O–H groups in total. The monoisotopic (exact) mass is 401 g/mol. The second-order valence-corrected chi connectivity index (χ2v) is 8.88. The summed E-state index contributed by atoms with van der Waals surface area (Å²) >= 11 is 4.62. The Balaban J connectivity index is 1.47. The molecule has 0 saturated heterocycles. The minimum atomic E-state index is -0.0235. The van der Waals surface area contributed by atoms with Gasteiger partial charge in [-0.1, -0.05) is 90.3 Å². The summed E-state index contributed by atoms with van der Waals surface area (Å²) in [7, 11) is 0. The van der Waals surface area contributed by atoms with Gasteiger partial charge in [-0.15, -0.1) is 10.2 Å². The molecule has 0 radical (unpaired) electrons. The molecule has 26 heavy (non-hydrogen) atoms. The van der Waals surface area contributed by atoms with Crippen LogP contribution in [0.4, 0.5) is 5.69 Å². The quantitative estimate of drug-likeness (QED) is 0.531. The van der Waals surface area contributed by atoms with E-state index in [-0.39, 0.29) is 5.91 Å². The zero-order valence-corrected chi connectivity index (χ0v) is 16.8. The molecule has 0 aliphatic rings. The minimum absolute atomic E-state index is 0.0235. The van der Waals surface area contributed by atoms with Gasteiger partial charge in [0.2, 0.25) is 5.91 Å². The highest BCUT2D eigenvalue weighted by Gasteiger charge is 2.10. The van der Waals surface area contributed by atoms with Crippen LogP contribution in [0.3, 0.4) is 0 Å². The fraction of sp³-hybridized carbons (Fsp3) is 0.211. The maximum Gasteiger partial charge on any atom is 0.234 e. The zero-order chi connectivity index (χ0) is 18.2. The molecule has 3 rings (SSSR count). The van der Waals surface area contributed by atoms with E-state index in [1.165, 1.54) is 28.7 Å². The van der Waals surface area contributed by atoms with Gasteiger partial charge in [0.15, 0.2) is 8.68 Å². The topological polar surface area (TPSA) is 54.9 Å². The third-order valence-electron chi connectivity index (χ3n) is 3.59. The van der Waals surface area contributed by atoms with E-state index < -0.39 is 0 Å². The number of nitrogens with zero attached hydrogens (tertiary/aromatic N) is 2. The highest BCUT2D eigenvalue weighted by atomic mass is 32.2. The van der Waals surface area contributed by atoms with E-state index in [2.05, 4.69) is 34.6 Å². The highest BCUT2D eigenvalue weighted by molar-refractivity contribution is 8.03. The number of rotatable bonds is 8. The molecule has 1 heterocycles. The van der Waals surface area contributed by atoms with Crippen molar-refractivity contribution in [3.8, 4) is 0 Å².